The maximum atomic E-state index is 13.2. The molecule has 1 saturated heterocycles. The van der Waals surface area contributed by atoms with Crippen LogP contribution >= 0.6 is 0 Å². The first kappa shape index (κ1) is 25.9. The second kappa shape index (κ2) is 10.9. The molecule has 2 heterocycles. The Bertz CT molecular complexity index is 1550. The van der Waals surface area contributed by atoms with Gasteiger partial charge in [-0.3, -0.25) is 4.79 Å². The lowest BCUT2D eigenvalue weighted by atomic mass is 10.2. The number of nitrogens with zero attached hydrogens (tertiary/aromatic N) is 3. The fraction of sp³-hybridized carbons (Fsp3) is 0.286. The number of nitrogens with one attached hydrogen (secondary N) is 1. The number of carbonyl (C=O) groups is 1. The molecule has 1 aliphatic heterocycles. The minimum Gasteiger partial charge on any atom is -0.483 e. The van der Waals surface area contributed by atoms with Gasteiger partial charge in [0.1, 0.15) is 12.3 Å². The summed E-state index contributed by atoms with van der Waals surface area (Å²) in [5.41, 5.74) is 2.59. The molecular formula is C28H30N4O5S. The third-order valence-electron chi connectivity index (χ3n) is 6.47. The van der Waals surface area contributed by atoms with Crippen LogP contribution in [-0.4, -0.2) is 54.5 Å². The van der Waals surface area contributed by atoms with Gasteiger partial charge in [0, 0.05) is 18.8 Å². The number of fused-ring (bicyclic) bond motifs is 1. The second-order valence-electron chi connectivity index (χ2n) is 9.16. The van der Waals surface area contributed by atoms with Crippen LogP contribution in [0, 0.1) is 6.92 Å². The topological polar surface area (TPSA) is 103 Å². The lowest BCUT2D eigenvalue weighted by Crippen LogP contribution is -2.40. The third-order valence-corrected chi connectivity index (χ3v) is 8.51. The molecule has 38 heavy (non-hydrogen) atoms. The average molecular weight is 535 g/mol. The van der Waals surface area contributed by atoms with E-state index < -0.39 is 16.1 Å². The molecule has 1 aromatic heterocycles. The van der Waals surface area contributed by atoms with Crippen LogP contribution in [0.15, 0.2) is 77.7 Å². The quantitative estimate of drug-likeness (QED) is 0.365. The Morgan fingerprint density at radius 2 is 1.76 bits per heavy atom. The van der Waals surface area contributed by atoms with E-state index in [1.165, 1.54) is 10.4 Å². The first-order valence-corrected chi connectivity index (χ1v) is 13.9. The van der Waals surface area contributed by atoms with Crippen LogP contribution in [-0.2, 0) is 26.1 Å². The van der Waals surface area contributed by atoms with Gasteiger partial charge in [0.25, 0.3) is 0 Å². The number of carbonyl (C=O) groups excluding carboxylic acids is 1. The molecule has 1 N–H and O–H groups in total. The molecule has 1 fully saturated rings. The van der Waals surface area contributed by atoms with Crippen molar-refractivity contribution in [1.82, 2.24) is 13.9 Å². The van der Waals surface area contributed by atoms with Crippen LogP contribution in [0.5, 0.6) is 5.75 Å². The number of rotatable bonds is 8. The normalized spacial score (nSPS) is 15.3. The average Bonchev–Trinajstić information content (AvgIpc) is 3.29. The van der Waals surface area contributed by atoms with Crippen LogP contribution in [0.3, 0.4) is 0 Å². The Morgan fingerprint density at radius 1 is 1.05 bits per heavy atom. The van der Waals surface area contributed by atoms with Crippen molar-refractivity contribution in [2.45, 2.75) is 31.4 Å². The van der Waals surface area contributed by atoms with Gasteiger partial charge in [-0.15, -0.1) is 0 Å². The molecule has 0 radical (unpaired) electrons. The van der Waals surface area contributed by atoms with Crippen molar-refractivity contribution in [2.75, 3.05) is 31.6 Å². The summed E-state index contributed by atoms with van der Waals surface area (Å²) in [6, 6.07) is 22.0. The monoisotopic (exact) mass is 534 g/mol. The predicted octanol–water partition coefficient (Wildman–Crippen LogP) is 4.14. The van der Waals surface area contributed by atoms with E-state index in [9.17, 15) is 13.2 Å². The zero-order valence-corrected chi connectivity index (χ0v) is 22.1. The number of para-hydroxylation sites is 3. The highest BCUT2D eigenvalue weighted by Crippen LogP contribution is 2.27. The Hall–Kier alpha value is -3.73. The number of aryl methyl sites for hydroxylation is 1. The summed E-state index contributed by atoms with van der Waals surface area (Å²) in [5.74, 6) is 1.02. The summed E-state index contributed by atoms with van der Waals surface area (Å²) >= 11 is 0. The van der Waals surface area contributed by atoms with E-state index in [1.807, 2.05) is 66.1 Å². The third kappa shape index (κ3) is 5.42. The van der Waals surface area contributed by atoms with Crippen molar-refractivity contribution in [1.29, 1.82) is 0 Å². The molecule has 4 aromatic rings. The fourth-order valence-electron chi connectivity index (χ4n) is 4.55. The SMILES string of the molecule is Cc1ccc(NC(=O)Cn2c(C(C)Oc3ccccc3)nc3ccccc32)cc1S(=O)(=O)N1CCOCC1. The molecule has 1 unspecified atom stereocenters. The molecule has 0 saturated carbocycles. The standard InChI is InChI=1S/C28H30N4O5S/c1-20-12-13-22(18-26(20)38(34,35)31-14-16-36-17-15-31)29-27(33)19-32-25-11-7-6-10-24(25)30-28(32)21(2)37-23-8-4-3-5-9-23/h3-13,18,21H,14-17,19H2,1-2H3,(H,29,33). The highest BCUT2D eigenvalue weighted by atomic mass is 32.2. The molecule has 10 heteroatoms. The van der Waals surface area contributed by atoms with E-state index in [2.05, 4.69) is 5.32 Å². The molecule has 0 aliphatic carbocycles. The Kier molecular flexibility index (Phi) is 7.46. The molecule has 198 valence electrons. The van der Waals surface area contributed by atoms with Gasteiger partial charge >= 0.3 is 0 Å². The van der Waals surface area contributed by atoms with Gasteiger partial charge in [0.15, 0.2) is 11.9 Å². The molecule has 3 aromatic carbocycles. The van der Waals surface area contributed by atoms with Crippen LogP contribution in [0.2, 0.25) is 0 Å². The minimum absolute atomic E-state index is 0.0161. The van der Waals surface area contributed by atoms with Crippen molar-refractivity contribution in [3.05, 3.63) is 84.2 Å². The van der Waals surface area contributed by atoms with Crippen molar-refractivity contribution in [3.63, 3.8) is 0 Å². The predicted molar refractivity (Wildman–Crippen MR) is 145 cm³/mol. The number of benzene rings is 3. The van der Waals surface area contributed by atoms with Crippen molar-refractivity contribution in [3.8, 4) is 5.75 Å². The number of morpholine rings is 1. The number of aromatic nitrogens is 2. The summed E-state index contributed by atoms with van der Waals surface area (Å²) in [7, 11) is -3.71. The largest absolute Gasteiger partial charge is 0.483 e. The lowest BCUT2D eigenvalue weighted by Gasteiger charge is -2.26. The molecule has 1 aliphatic rings. The smallest absolute Gasteiger partial charge is 0.244 e. The molecule has 0 bridgehead atoms. The zero-order valence-electron chi connectivity index (χ0n) is 21.3. The first-order chi connectivity index (χ1) is 18.3. The molecule has 9 nitrogen and oxygen atoms in total. The number of imidazole rings is 1. The van der Waals surface area contributed by atoms with E-state index in [4.69, 9.17) is 14.5 Å². The highest BCUT2D eigenvalue weighted by Gasteiger charge is 2.28. The van der Waals surface area contributed by atoms with E-state index >= 15 is 0 Å². The van der Waals surface area contributed by atoms with Gasteiger partial charge in [-0.05, 0) is 55.8 Å². The fourth-order valence-corrected chi connectivity index (χ4v) is 6.21. The molecule has 1 atom stereocenters. The number of ether oxygens (including phenoxy) is 2. The Morgan fingerprint density at radius 3 is 2.53 bits per heavy atom. The Labute approximate surface area is 222 Å². The molecule has 0 spiro atoms. The highest BCUT2D eigenvalue weighted by molar-refractivity contribution is 7.89. The number of hydrogen-bond donors (Lipinski definition) is 1. The van der Waals surface area contributed by atoms with Crippen LogP contribution in [0.1, 0.15) is 24.4 Å². The lowest BCUT2D eigenvalue weighted by molar-refractivity contribution is -0.116. The van der Waals surface area contributed by atoms with E-state index in [-0.39, 0.29) is 17.3 Å². The number of sulfonamides is 1. The zero-order chi connectivity index (χ0) is 26.7. The van der Waals surface area contributed by atoms with Gasteiger partial charge < -0.3 is 19.4 Å². The van der Waals surface area contributed by atoms with Crippen molar-refractivity contribution in [2.24, 2.45) is 0 Å². The summed E-state index contributed by atoms with van der Waals surface area (Å²) < 4.78 is 41.1. The van der Waals surface area contributed by atoms with Gasteiger partial charge in [0.05, 0.1) is 29.1 Å². The summed E-state index contributed by atoms with van der Waals surface area (Å²) in [5, 5.41) is 2.87. The second-order valence-corrected chi connectivity index (χ2v) is 11.1. The van der Waals surface area contributed by atoms with Crippen molar-refractivity contribution >= 4 is 32.7 Å². The Balaban J connectivity index is 1.39. The van der Waals surface area contributed by atoms with Gasteiger partial charge in [0.2, 0.25) is 15.9 Å². The number of anilines is 1. The van der Waals surface area contributed by atoms with E-state index in [1.54, 1.807) is 19.1 Å². The molecule has 5 rings (SSSR count). The minimum atomic E-state index is -3.71. The van der Waals surface area contributed by atoms with Gasteiger partial charge in [-0.25, -0.2) is 13.4 Å². The van der Waals surface area contributed by atoms with E-state index in [0.29, 0.717) is 49.1 Å². The van der Waals surface area contributed by atoms with Crippen molar-refractivity contribution < 1.29 is 22.7 Å². The number of hydrogen-bond acceptors (Lipinski definition) is 6. The van der Waals surface area contributed by atoms with Crippen LogP contribution < -0.4 is 10.1 Å². The van der Waals surface area contributed by atoms with Gasteiger partial charge in [-0.1, -0.05) is 36.4 Å². The molecule has 1 amide bonds. The van der Waals surface area contributed by atoms with E-state index in [0.717, 1.165) is 11.0 Å². The maximum Gasteiger partial charge on any atom is 0.244 e. The summed E-state index contributed by atoms with van der Waals surface area (Å²) in [6.07, 6.45) is -0.415. The summed E-state index contributed by atoms with van der Waals surface area (Å²) in [6.45, 7) is 4.96. The number of amides is 1. The van der Waals surface area contributed by atoms with Gasteiger partial charge in [-0.2, -0.15) is 4.31 Å². The van der Waals surface area contributed by atoms with Crippen LogP contribution in [0.25, 0.3) is 11.0 Å². The summed E-state index contributed by atoms with van der Waals surface area (Å²) in [4.78, 5) is 18.1. The first-order valence-electron chi connectivity index (χ1n) is 12.5. The molecular weight excluding hydrogens is 504 g/mol. The van der Waals surface area contributed by atoms with Crippen LogP contribution in [0.4, 0.5) is 5.69 Å². The maximum absolute atomic E-state index is 13.2.